The molecule has 0 aliphatic rings. The summed E-state index contributed by atoms with van der Waals surface area (Å²) in [4.78, 5) is 12.1. The maximum atomic E-state index is 11.3. The van der Waals surface area contributed by atoms with Crippen molar-refractivity contribution < 1.29 is 4.79 Å². The number of hydrogen-bond acceptors (Lipinski definition) is 2. The van der Waals surface area contributed by atoms with Crippen molar-refractivity contribution in [3.63, 3.8) is 0 Å². The van der Waals surface area contributed by atoms with Gasteiger partial charge in [-0.05, 0) is 24.3 Å². The van der Waals surface area contributed by atoms with E-state index in [9.17, 15) is 4.79 Å². The number of rotatable bonds is 6. The summed E-state index contributed by atoms with van der Waals surface area (Å²) in [6, 6.07) is 0. The molecule has 0 radical (unpaired) electrons. The molecule has 0 bridgehead atoms. The molecule has 0 rings (SSSR count). The average Bonchev–Trinajstić information content (AvgIpc) is 2.17. The molecule has 0 aliphatic carbocycles. The zero-order valence-corrected chi connectivity index (χ0v) is 9.40. The first-order valence-electron chi connectivity index (χ1n) is 4.65. The van der Waals surface area contributed by atoms with Gasteiger partial charge in [-0.2, -0.15) is 0 Å². The van der Waals surface area contributed by atoms with E-state index in [1.54, 1.807) is 18.2 Å². The lowest BCUT2D eigenvalue weighted by atomic mass is 10.3. The lowest BCUT2D eigenvalue weighted by molar-refractivity contribution is 0.260. The summed E-state index contributed by atoms with van der Waals surface area (Å²) in [6.45, 7) is 10.0. The van der Waals surface area contributed by atoms with Gasteiger partial charge in [0.15, 0.2) is 0 Å². The van der Waals surface area contributed by atoms with Gasteiger partial charge in [-0.15, -0.1) is 0 Å². The third-order valence-corrected chi connectivity index (χ3v) is 2.36. The molecule has 78 valence electrons. The number of thioether (sulfide) groups is 1. The summed E-state index contributed by atoms with van der Waals surface area (Å²) < 4.78 is 0. The zero-order valence-electron chi connectivity index (χ0n) is 8.58. The van der Waals surface area contributed by atoms with Crippen molar-refractivity contribution in [3.05, 3.63) is 36.3 Å². The standard InChI is InChI=1S/C11H17NOS/c1-4-7-9-12-11(13)14-10(6-3)8-5-2/h5-6,8H,2-4,7,9H2,1H3,(H,12,13)/b10-8+. The fraction of sp³-hybridized carbons (Fsp3) is 0.364. The second-order valence-corrected chi connectivity index (χ2v) is 3.73. The van der Waals surface area contributed by atoms with Gasteiger partial charge in [-0.25, -0.2) is 0 Å². The number of unbranched alkanes of at least 4 members (excludes halogenated alkanes) is 1. The maximum absolute atomic E-state index is 11.3. The first-order chi connectivity index (χ1) is 6.74. The monoisotopic (exact) mass is 211 g/mol. The summed E-state index contributed by atoms with van der Waals surface area (Å²) in [5, 5.41) is 2.77. The number of nitrogens with one attached hydrogen (secondary N) is 1. The van der Waals surface area contributed by atoms with Gasteiger partial charge in [0.1, 0.15) is 0 Å². The van der Waals surface area contributed by atoms with Gasteiger partial charge in [0, 0.05) is 11.4 Å². The van der Waals surface area contributed by atoms with E-state index in [2.05, 4.69) is 25.4 Å². The normalized spacial score (nSPS) is 10.8. The third kappa shape index (κ3) is 6.54. The summed E-state index contributed by atoms with van der Waals surface area (Å²) >= 11 is 1.14. The molecule has 14 heavy (non-hydrogen) atoms. The van der Waals surface area contributed by atoms with Gasteiger partial charge in [-0.1, -0.05) is 38.7 Å². The van der Waals surface area contributed by atoms with Crippen LogP contribution in [0.4, 0.5) is 4.79 Å². The zero-order chi connectivity index (χ0) is 10.8. The molecule has 2 nitrogen and oxygen atoms in total. The van der Waals surface area contributed by atoms with Crippen molar-refractivity contribution in [2.45, 2.75) is 19.8 Å². The van der Waals surface area contributed by atoms with Crippen molar-refractivity contribution in [1.82, 2.24) is 5.32 Å². The van der Waals surface area contributed by atoms with Gasteiger partial charge in [0.05, 0.1) is 0 Å². The van der Waals surface area contributed by atoms with Crippen molar-refractivity contribution in [1.29, 1.82) is 0 Å². The van der Waals surface area contributed by atoms with Crippen molar-refractivity contribution in [3.8, 4) is 0 Å². The number of hydrogen-bond donors (Lipinski definition) is 1. The Hall–Kier alpha value is -0.960. The highest BCUT2D eigenvalue weighted by Crippen LogP contribution is 2.16. The molecular weight excluding hydrogens is 194 g/mol. The van der Waals surface area contributed by atoms with E-state index >= 15 is 0 Å². The summed E-state index contributed by atoms with van der Waals surface area (Å²) in [7, 11) is 0. The number of amides is 1. The van der Waals surface area contributed by atoms with Crippen LogP contribution in [-0.2, 0) is 0 Å². The van der Waals surface area contributed by atoms with Gasteiger partial charge in [-0.3, -0.25) is 4.79 Å². The average molecular weight is 211 g/mol. The number of allylic oxidation sites excluding steroid dienone is 3. The van der Waals surface area contributed by atoms with Gasteiger partial charge < -0.3 is 5.32 Å². The van der Waals surface area contributed by atoms with Crippen LogP contribution in [-0.4, -0.2) is 11.8 Å². The largest absolute Gasteiger partial charge is 0.347 e. The SMILES string of the molecule is C=C/C=C(\C=C)SC(=O)NCCCC. The molecule has 0 aliphatic heterocycles. The Morgan fingerprint density at radius 2 is 2.21 bits per heavy atom. The highest BCUT2D eigenvalue weighted by Gasteiger charge is 2.02. The molecule has 0 fully saturated rings. The van der Waals surface area contributed by atoms with Crippen LogP contribution in [0.2, 0.25) is 0 Å². The molecule has 0 unspecified atom stereocenters. The Bertz CT molecular complexity index is 233. The van der Waals surface area contributed by atoms with Crippen LogP contribution in [0.25, 0.3) is 0 Å². The first kappa shape index (κ1) is 13.0. The van der Waals surface area contributed by atoms with E-state index in [0.717, 1.165) is 36.1 Å². The first-order valence-corrected chi connectivity index (χ1v) is 5.47. The van der Waals surface area contributed by atoms with E-state index in [4.69, 9.17) is 0 Å². The Morgan fingerprint density at radius 3 is 2.71 bits per heavy atom. The molecule has 0 saturated carbocycles. The Labute approximate surface area is 90.2 Å². The second kappa shape index (κ2) is 8.63. The van der Waals surface area contributed by atoms with Crippen LogP contribution >= 0.6 is 11.8 Å². The summed E-state index contributed by atoms with van der Waals surface area (Å²) in [5.74, 6) is 0. The molecule has 3 heteroatoms. The summed E-state index contributed by atoms with van der Waals surface area (Å²) in [6.07, 6.45) is 7.15. The third-order valence-electron chi connectivity index (χ3n) is 1.49. The van der Waals surface area contributed by atoms with Crippen LogP contribution in [0.3, 0.4) is 0 Å². The van der Waals surface area contributed by atoms with Gasteiger partial charge in [0.2, 0.25) is 0 Å². The highest BCUT2D eigenvalue weighted by molar-refractivity contribution is 8.17. The molecule has 0 atom stereocenters. The van der Waals surface area contributed by atoms with E-state index in [1.807, 2.05) is 0 Å². The van der Waals surface area contributed by atoms with Crippen LogP contribution in [0.5, 0.6) is 0 Å². The Kier molecular flexibility index (Phi) is 8.04. The molecule has 0 heterocycles. The predicted molar refractivity (Wildman–Crippen MR) is 64.4 cm³/mol. The van der Waals surface area contributed by atoms with Gasteiger partial charge >= 0.3 is 0 Å². The van der Waals surface area contributed by atoms with Crippen LogP contribution in [0.1, 0.15) is 19.8 Å². The van der Waals surface area contributed by atoms with Crippen molar-refractivity contribution in [2.24, 2.45) is 0 Å². The quantitative estimate of drug-likeness (QED) is 0.538. The molecule has 1 amide bonds. The molecule has 1 N–H and O–H groups in total. The molecule has 0 aromatic rings. The number of carbonyl (C=O) groups excluding carboxylic acids is 1. The Morgan fingerprint density at radius 1 is 1.50 bits per heavy atom. The molecule has 0 aromatic heterocycles. The van der Waals surface area contributed by atoms with Crippen LogP contribution < -0.4 is 5.32 Å². The lowest BCUT2D eigenvalue weighted by Gasteiger charge is -2.03. The maximum Gasteiger partial charge on any atom is 0.283 e. The summed E-state index contributed by atoms with van der Waals surface area (Å²) in [5.41, 5.74) is 0. The van der Waals surface area contributed by atoms with Crippen LogP contribution in [0.15, 0.2) is 36.3 Å². The minimum absolute atomic E-state index is 0.0357. The second-order valence-electron chi connectivity index (χ2n) is 2.68. The van der Waals surface area contributed by atoms with E-state index in [1.165, 1.54) is 0 Å². The smallest absolute Gasteiger partial charge is 0.283 e. The fourth-order valence-electron chi connectivity index (χ4n) is 0.770. The van der Waals surface area contributed by atoms with Crippen LogP contribution in [0, 0.1) is 0 Å². The van der Waals surface area contributed by atoms with Crippen molar-refractivity contribution in [2.75, 3.05) is 6.54 Å². The van der Waals surface area contributed by atoms with E-state index in [-0.39, 0.29) is 5.24 Å². The fourth-order valence-corrected chi connectivity index (χ4v) is 1.41. The number of carbonyl (C=O) groups is 1. The van der Waals surface area contributed by atoms with Crippen molar-refractivity contribution >= 4 is 17.0 Å². The highest BCUT2D eigenvalue weighted by atomic mass is 32.2. The molecule has 0 aromatic carbocycles. The van der Waals surface area contributed by atoms with E-state index in [0.29, 0.717) is 0 Å². The topological polar surface area (TPSA) is 29.1 Å². The minimum Gasteiger partial charge on any atom is -0.347 e. The molecule has 0 saturated heterocycles. The minimum atomic E-state index is -0.0357. The molecular formula is C11H17NOS. The molecule has 0 spiro atoms. The van der Waals surface area contributed by atoms with E-state index < -0.39 is 0 Å². The Balaban J connectivity index is 3.85. The van der Waals surface area contributed by atoms with Gasteiger partial charge in [0.25, 0.3) is 5.24 Å². The predicted octanol–water partition coefficient (Wildman–Crippen LogP) is 3.49. The lowest BCUT2D eigenvalue weighted by Crippen LogP contribution is -2.19.